The monoisotopic (exact) mass is 694 g/mol. The minimum Gasteiger partial charge on any atom is -0.366 e. The van der Waals surface area contributed by atoms with Crippen LogP contribution in [0.15, 0.2) is 138 Å². The number of anilines is 2. The number of halogens is 2. The topological polar surface area (TPSA) is 130 Å². The fourth-order valence-corrected chi connectivity index (χ4v) is 6.13. The summed E-state index contributed by atoms with van der Waals surface area (Å²) in [5.74, 6) is -1.97. The van der Waals surface area contributed by atoms with Crippen molar-refractivity contribution in [1.29, 1.82) is 0 Å². The van der Waals surface area contributed by atoms with Gasteiger partial charge < -0.3 is 21.7 Å². The second-order valence-corrected chi connectivity index (χ2v) is 12.3. The summed E-state index contributed by atoms with van der Waals surface area (Å²) in [5, 5.41) is 8.35. The third-order valence-corrected chi connectivity index (χ3v) is 8.85. The molecule has 48 heavy (non-hydrogen) atoms. The summed E-state index contributed by atoms with van der Waals surface area (Å²) in [6.07, 6.45) is 1.42. The molecule has 0 fully saturated rings. The fraction of sp³-hybridized carbons (Fsp3) is 0.0270. The molecule has 0 spiro atoms. The molecular weight excluding hydrogens is 667 g/mol. The van der Waals surface area contributed by atoms with Crippen LogP contribution in [0.1, 0.15) is 37.1 Å². The van der Waals surface area contributed by atoms with E-state index in [0.717, 1.165) is 5.56 Å². The third kappa shape index (κ3) is 8.92. The number of benzene rings is 5. The highest BCUT2D eigenvalue weighted by Crippen LogP contribution is 2.37. The van der Waals surface area contributed by atoms with Crippen LogP contribution < -0.4 is 21.7 Å². The molecule has 0 aliphatic heterocycles. The molecule has 1 unspecified atom stereocenters. The van der Waals surface area contributed by atoms with Crippen molar-refractivity contribution in [2.24, 2.45) is 5.73 Å². The summed E-state index contributed by atoms with van der Waals surface area (Å²) >= 11 is 14.0. The number of nitrogens with one attached hydrogen (secondary N) is 3. The van der Waals surface area contributed by atoms with E-state index in [1.807, 2.05) is 36.4 Å². The second-order valence-electron chi connectivity index (χ2n) is 10.3. The van der Waals surface area contributed by atoms with Crippen molar-refractivity contribution >= 4 is 76.0 Å². The summed E-state index contributed by atoms with van der Waals surface area (Å²) in [4.78, 5) is 52.4. The molecule has 5 N–H and O–H groups in total. The van der Waals surface area contributed by atoms with Crippen molar-refractivity contribution in [3.63, 3.8) is 0 Å². The average Bonchev–Trinajstić information content (AvgIpc) is 3.09. The lowest BCUT2D eigenvalue weighted by molar-refractivity contribution is -0.116. The van der Waals surface area contributed by atoms with Crippen LogP contribution in [0.2, 0.25) is 10.0 Å². The van der Waals surface area contributed by atoms with Gasteiger partial charge in [-0.2, -0.15) is 0 Å². The van der Waals surface area contributed by atoms with Gasteiger partial charge in [0.1, 0.15) is 10.9 Å². The van der Waals surface area contributed by atoms with E-state index in [1.165, 1.54) is 17.8 Å². The molecule has 5 aromatic rings. The first-order valence-corrected chi connectivity index (χ1v) is 16.2. The summed E-state index contributed by atoms with van der Waals surface area (Å²) in [7, 11) is 0. The zero-order valence-electron chi connectivity index (χ0n) is 25.2. The first-order valence-electron chi connectivity index (χ1n) is 14.5. The number of nitrogens with two attached hydrogens (primary N) is 1. The lowest BCUT2D eigenvalue weighted by atomic mass is 10.1. The first-order chi connectivity index (χ1) is 23.2. The van der Waals surface area contributed by atoms with E-state index in [1.54, 1.807) is 91.0 Å². The Morgan fingerprint density at radius 2 is 1.29 bits per heavy atom. The number of primary amides is 1. The zero-order valence-corrected chi connectivity index (χ0v) is 27.5. The highest BCUT2D eigenvalue weighted by Gasteiger charge is 2.23. The van der Waals surface area contributed by atoms with Crippen LogP contribution in [0, 0.1) is 0 Å². The summed E-state index contributed by atoms with van der Waals surface area (Å²) in [5.41, 5.74) is 7.98. The van der Waals surface area contributed by atoms with Gasteiger partial charge >= 0.3 is 0 Å². The molecule has 240 valence electrons. The predicted molar refractivity (Wildman–Crippen MR) is 192 cm³/mol. The quantitative estimate of drug-likeness (QED) is 0.0823. The number of rotatable bonds is 11. The molecule has 0 aliphatic carbocycles. The minimum atomic E-state index is -0.670. The van der Waals surface area contributed by atoms with E-state index in [-0.39, 0.29) is 11.6 Å². The summed E-state index contributed by atoms with van der Waals surface area (Å²) < 4.78 is 0. The van der Waals surface area contributed by atoms with Gasteiger partial charge in [-0.3, -0.25) is 19.2 Å². The number of amides is 4. The molecule has 5 rings (SSSR count). The predicted octanol–water partition coefficient (Wildman–Crippen LogP) is 7.97. The maximum absolute atomic E-state index is 13.7. The van der Waals surface area contributed by atoms with Gasteiger partial charge in [0.05, 0.1) is 0 Å². The number of carbonyl (C=O) groups is 4. The zero-order chi connectivity index (χ0) is 34.0. The molecule has 5 aromatic carbocycles. The number of carbonyl (C=O) groups excluding carboxylic acids is 4. The Balaban J connectivity index is 1.39. The average molecular weight is 696 g/mol. The van der Waals surface area contributed by atoms with Crippen LogP contribution in [0.3, 0.4) is 0 Å². The van der Waals surface area contributed by atoms with Crippen LogP contribution in [-0.4, -0.2) is 23.6 Å². The SMILES string of the molecule is NC(=O)c1ccc(NC(=O)C(Sc2cccc(NC(=O)/C(=C\c3c(Cl)cccc3Cl)NC(=O)c3ccccc3)c2)c2ccccc2)cc1. The van der Waals surface area contributed by atoms with Gasteiger partial charge in [0, 0.05) is 43.0 Å². The Hall–Kier alpha value is -5.35. The minimum absolute atomic E-state index is 0.0826. The van der Waals surface area contributed by atoms with E-state index in [9.17, 15) is 19.2 Å². The van der Waals surface area contributed by atoms with Crippen LogP contribution in [0.4, 0.5) is 11.4 Å². The summed E-state index contributed by atoms with van der Waals surface area (Å²) in [6.45, 7) is 0. The Morgan fingerprint density at radius 1 is 0.667 bits per heavy atom. The van der Waals surface area contributed by atoms with E-state index < -0.39 is 23.0 Å². The van der Waals surface area contributed by atoms with Gasteiger partial charge in [0.2, 0.25) is 11.8 Å². The van der Waals surface area contributed by atoms with Gasteiger partial charge in [-0.1, -0.05) is 83.9 Å². The molecule has 0 aromatic heterocycles. The third-order valence-electron chi connectivity index (χ3n) is 6.94. The van der Waals surface area contributed by atoms with E-state index >= 15 is 0 Å². The molecule has 0 bridgehead atoms. The molecule has 4 amide bonds. The van der Waals surface area contributed by atoms with E-state index in [2.05, 4.69) is 16.0 Å². The van der Waals surface area contributed by atoms with E-state index in [0.29, 0.717) is 43.0 Å². The number of hydrogen-bond acceptors (Lipinski definition) is 5. The van der Waals surface area contributed by atoms with Gasteiger partial charge in [-0.05, 0) is 78.4 Å². The Labute approximate surface area is 291 Å². The lowest BCUT2D eigenvalue weighted by Crippen LogP contribution is -2.30. The van der Waals surface area contributed by atoms with Crippen LogP contribution in [0.25, 0.3) is 6.08 Å². The van der Waals surface area contributed by atoms with Crippen molar-refractivity contribution in [2.45, 2.75) is 10.1 Å². The maximum Gasteiger partial charge on any atom is 0.272 e. The Kier molecular flexibility index (Phi) is 11.3. The van der Waals surface area contributed by atoms with Crippen molar-refractivity contribution in [3.8, 4) is 0 Å². The summed E-state index contributed by atoms with van der Waals surface area (Å²) in [6, 6.07) is 36.0. The Morgan fingerprint density at radius 3 is 1.94 bits per heavy atom. The maximum atomic E-state index is 13.7. The largest absolute Gasteiger partial charge is 0.366 e. The van der Waals surface area contributed by atoms with Crippen LogP contribution >= 0.6 is 35.0 Å². The van der Waals surface area contributed by atoms with Crippen LogP contribution in [0.5, 0.6) is 0 Å². The molecule has 0 saturated carbocycles. The highest BCUT2D eigenvalue weighted by molar-refractivity contribution is 8.00. The number of hydrogen-bond donors (Lipinski definition) is 4. The smallest absolute Gasteiger partial charge is 0.272 e. The number of thioether (sulfide) groups is 1. The van der Waals surface area contributed by atoms with Crippen molar-refractivity contribution in [1.82, 2.24) is 5.32 Å². The molecule has 1 atom stereocenters. The van der Waals surface area contributed by atoms with Gasteiger partial charge in [0.25, 0.3) is 11.8 Å². The van der Waals surface area contributed by atoms with E-state index in [4.69, 9.17) is 28.9 Å². The first kappa shape index (κ1) is 34.0. The van der Waals surface area contributed by atoms with Gasteiger partial charge in [-0.25, -0.2) is 0 Å². The van der Waals surface area contributed by atoms with Crippen molar-refractivity contribution in [3.05, 3.63) is 165 Å². The molecule has 0 heterocycles. The molecule has 8 nitrogen and oxygen atoms in total. The van der Waals surface area contributed by atoms with Crippen LogP contribution in [-0.2, 0) is 9.59 Å². The van der Waals surface area contributed by atoms with Crippen molar-refractivity contribution in [2.75, 3.05) is 10.6 Å². The Bertz CT molecular complexity index is 1970. The molecule has 0 radical (unpaired) electrons. The molecule has 0 aliphatic rings. The highest BCUT2D eigenvalue weighted by atomic mass is 35.5. The van der Waals surface area contributed by atoms with Gasteiger partial charge in [0.15, 0.2) is 0 Å². The van der Waals surface area contributed by atoms with Crippen molar-refractivity contribution < 1.29 is 19.2 Å². The molecular formula is C37H28Cl2N4O4S. The standard InChI is InChI=1S/C37H28Cl2N4O4S/c38-30-15-8-16-31(39)29(30)22-32(43-35(45)25-11-5-2-6-12-25)36(46)42-27-13-7-14-28(21-27)48-33(23-9-3-1-4-10-23)37(47)41-26-19-17-24(18-20-26)34(40)44/h1-22,33H,(H2,40,44)(H,41,47)(H,42,46)(H,43,45)/b32-22+. The normalized spacial score (nSPS) is 11.7. The fourth-order valence-electron chi connectivity index (χ4n) is 4.54. The lowest BCUT2D eigenvalue weighted by Gasteiger charge is -2.18. The molecule has 0 saturated heterocycles. The second kappa shape index (κ2) is 16.0. The van der Waals surface area contributed by atoms with Gasteiger partial charge in [-0.15, -0.1) is 11.8 Å². The molecule has 11 heteroatoms.